The average Bonchev–Trinajstić information content (AvgIpc) is 2.50. The molecule has 0 heterocycles. The van der Waals surface area contributed by atoms with Gasteiger partial charge in [-0.3, -0.25) is 4.79 Å². The summed E-state index contributed by atoms with van der Waals surface area (Å²) >= 11 is 5.94. The van der Waals surface area contributed by atoms with Crippen LogP contribution in [0.15, 0.2) is 48.5 Å². The van der Waals surface area contributed by atoms with E-state index in [0.717, 1.165) is 0 Å². The zero-order valence-electron chi connectivity index (χ0n) is 11.7. The van der Waals surface area contributed by atoms with Gasteiger partial charge in [0.15, 0.2) is 0 Å². The zero-order valence-corrected chi connectivity index (χ0v) is 12.4. The standard InChI is InChI=1S/C16H15ClF2N2O/c17-14-7-6-13(20)8-11(14)9-15(22)21-10-16(18,19)12-4-2-1-3-5-12/h1-8H,9-10,20H2,(H,21,22). The first-order valence-corrected chi connectivity index (χ1v) is 7.00. The van der Waals surface area contributed by atoms with Gasteiger partial charge >= 0.3 is 0 Å². The van der Waals surface area contributed by atoms with Crippen LogP contribution in [0.1, 0.15) is 11.1 Å². The molecule has 2 aromatic carbocycles. The van der Waals surface area contributed by atoms with Crippen molar-refractivity contribution in [1.82, 2.24) is 5.32 Å². The lowest BCUT2D eigenvalue weighted by molar-refractivity contribution is -0.122. The molecule has 3 nitrogen and oxygen atoms in total. The lowest BCUT2D eigenvalue weighted by atomic mass is 10.1. The summed E-state index contributed by atoms with van der Waals surface area (Å²) in [5.74, 6) is -3.67. The third kappa shape index (κ3) is 4.18. The highest BCUT2D eigenvalue weighted by Crippen LogP contribution is 2.26. The van der Waals surface area contributed by atoms with E-state index in [1.807, 2.05) is 0 Å². The summed E-state index contributed by atoms with van der Waals surface area (Å²) in [6.45, 7) is -0.768. The monoisotopic (exact) mass is 324 g/mol. The fourth-order valence-corrected chi connectivity index (χ4v) is 2.14. The number of carbonyl (C=O) groups excluding carboxylic acids is 1. The molecule has 0 bridgehead atoms. The van der Waals surface area contributed by atoms with E-state index in [0.29, 0.717) is 16.3 Å². The Kier molecular flexibility index (Phi) is 4.98. The van der Waals surface area contributed by atoms with Gasteiger partial charge in [0.25, 0.3) is 5.92 Å². The van der Waals surface area contributed by atoms with Crippen LogP contribution >= 0.6 is 11.6 Å². The zero-order chi connectivity index (χ0) is 16.2. The van der Waals surface area contributed by atoms with Crippen molar-refractivity contribution in [2.45, 2.75) is 12.3 Å². The van der Waals surface area contributed by atoms with Crippen LogP contribution in [-0.2, 0) is 17.1 Å². The first-order valence-electron chi connectivity index (χ1n) is 6.62. The molecule has 0 fully saturated rings. The molecule has 1 amide bonds. The van der Waals surface area contributed by atoms with Gasteiger partial charge in [0, 0.05) is 16.3 Å². The van der Waals surface area contributed by atoms with E-state index in [2.05, 4.69) is 5.32 Å². The van der Waals surface area contributed by atoms with Gasteiger partial charge in [-0.25, -0.2) is 0 Å². The van der Waals surface area contributed by atoms with Crippen LogP contribution in [0.3, 0.4) is 0 Å². The summed E-state index contributed by atoms with van der Waals surface area (Å²) in [6.07, 6.45) is -0.102. The lowest BCUT2D eigenvalue weighted by Crippen LogP contribution is -2.35. The molecule has 2 rings (SSSR count). The second kappa shape index (κ2) is 6.75. The molecule has 0 aliphatic heterocycles. The molecule has 116 valence electrons. The van der Waals surface area contributed by atoms with Gasteiger partial charge in [-0.05, 0) is 23.8 Å². The number of rotatable bonds is 5. The molecule has 0 aliphatic rings. The molecule has 6 heteroatoms. The molecule has 22 heavy (non-hydrogen) atoms. The van der Waals surface area contributed by atoms with Crippen LogP contribution in [0.4, 0.5) is 14.5 Å². The third-order valence-electron chi connectivity index (χ3n) is 3.12. The van der Waals surface area contributed by atoms with E-state index in [1.165, 1.54) is 24.3 Å². The van der Waals surface area contributed by atoms with Gasteiger partial charge in [0.2, 0.25) is 5.91 Å². The van der Waals surface area contributed by atoms with E-state index in [9.17, 15) is 13.6 Å². The first kappa shape index (κ1) is 16.2. The van der Waals surface area contributed by atoms with E-state index in [1.54, 1.807) is 24.3 Å². The van der Waals surface area contributed by atoms with Crippen molar-refractivity contribution >= 4 is 23.2 Å². The molecule has 0 radical (unpaired) electrons. The topological polar surface area (TPSA) is 55.1 Å². The highest BCUT2D eigenvalue weighted by atomic mass is 35.5. The SMILES string of the molecule is Nc1ccc(Cl)c(CC(=O)NCC(F)(F)c2ccccc2)c1. The summed E-state index contributed by atoms with van der Waals surface area (Å²) in [4.78, 5) is 11.8. The number of nitrogens with two attached hydrogens (primary N) is 1. The summed E-state index contributed by atoms with van der Waals surface area (Å²) in [5.41, 5.74) is 6.43. The van der Waals surface area contributed by atoms with Crippen molar-refractivity contribution in [3.05, 3.63) is 64.7 Å². The minimum absolute atomic E-state index is 0.102. The maximum Gasteiger partial charge on any atom is 0.290 e. The van der Waals surface area contributed by atoms with Gasteiger partial charge in [0.1, 0.15) is 0 Å². The number of nitrogen functional groups attached to an aromatic ring is 1. The predicted octanol–water partition coefficient (Wildman–Crippen LogP) is 3.37. The van der Waals surface area contributed by atoms with Crippen molar-refractivity contribution in [2.75, 3.05) is 12.3 Å². The quantitative estimate of drug-likeness (QED) is 0.828. The predicted molar refractivity (Wildman–Crippen MR) is 82.9 cm³/mol. The van der Waals surface area contributed by atoms with Crippen LogP contribution in [0, 0.1) is 0 Å². The van der Waals surface area contributed by atoms with Crippen LogP contribution in [0.2, 0.25) is 5.02 Å². The number of anilines is 1. The van der Waals surface area contributed by atoms with Crippen LogP contribution in [-0.4, -0.2) is 12.5 Å². The van der Waals surface area contributed by atoms with E-state index in [4.69, 9.17) is 17.3 Å². The highest BCUT2D eigenvalue weighted by molar-refractivity contribution is 6.31. The molecule has 0 aliphatic carbocycles. The normalized spacial score (nSPS) is 11.2. The number of hydrogen-bond donors (Lipinski definition) is 2. The van der Waals surface area contributed by atoms with E-state index >= 15 is 0 Å². The van der Waals surface area contributed by atoms with Crippen molar-refractivity contribution in [3.8, 4) is 0 Å². The van der Waals surface area contributed by atoms with Crippen molar-refractivity contribution in [3.63, 3.8) is 0 Å². The number of alkyl halides is 2. The highest BCUT2D eigenvalue weighted by Gasteiger charge is 2.31. The minimum Gasteiger partial charge on any atom is -0.399 e. The van der Waals surface area contributed by atoms with Gasteiger partial charge in [-0.2, -0.15) is 8.78 Å². The molecule has 2 aromatic rings. The molecule has 0 unspecified atom stereocenters. The maximum absolute atomic E-state index is 13.9. The number of hydrogen-bond acceptors (Lipinski definition) is 2. The summed E-state index contributed by atoms with van der Waals surface area (Å²) < 4.78 is 27.9. The fraction of sp³-hybridized carbons (Fsp3) is 0.188. The Morgan fingerprint density at radius 1 is 1.18 bits per heavy atom. The summed E-state index contributed by atoms with van der Waals surface area (Å²) in [5, 5.41) is 2.60. The Bertz CT molecular complexity index is 662. The summed E-state index contributed by atoms with van der Waals surface area (Å²) in [6, 6.07) is 12.1. The molecule has 0 spiro atoms. The second-order valence-electron chi connectivity index (χ2n) is 4.87. The maximum atomic E-state index is 13.9. The molecule has 0 saturated heterocycles. The Morgan fingerprint density at radius 3 is 2.55 bits per heavy atom. The number of halogens is 3. The van der Waals surface area contributed by atoms with Gasteiger partial charge < -0.3 is 11.1 Å². The first-order chi connectivity index (χ1) is 10.4. The Labute approximate surface area is 132 Å². The Balaban J connectivity index is 1.97. The fourth-order valence-electron chi connectivity index (χ4n) is 1.96. The Hall–Kier alpha value is -2.14. The smallest absolute Gasteiger partial charge is 0.290 e. The van der Waals surface area contributed by atoms with E-state index in [-0.39, 0.29) is 12.0 Å². The molecule has 0 saturated carbocycles. The second-order valence-corrected chi connectivity index (χ2v) is 5.28. The number of amides is 1. The molecular weight excluding hydrogens is 310 g/mol. The Morgan fingerprint density at radius 2 is 1.86 bits per heavy atom. The van der Waals surface area contributed by atoms with E-state index < -0.39 is 18.4 Å². The number of benzene rings is 2. The summed E-state index contributed by atoms with van der Waals surface area (Å²) in [7, 11) is 0. The van der Waals surface area contributed by atoms with Crippen molar-refractivity contribution < 1.29 is 13.6 Å². The number of carbonyl (C=O) groups is 1. The van der Waals surface area contributed by atoms with Crippen LogP contribution in [0.25, 0.3) is 0 Å². The van der Waals surface area contributed by atoms with Crippen molar-refractivity contribution in [1.29, 1.82) is 0 Å². The number of nitrogens with one attached hydrogen (secondary N) is 1. The van der Waals surface area contributed by atoms with Crippen LogP contribution in [0.5, 0.6) is 0 Å². The van der Waals surface area contributed by atoms with Crippen LogP contribution < -0.4 is 11.1 Å². The third-order valence-corrected chi connectivity index (χ3v) is 3.49. The largest absolute Gasteiger partial charge is 0.399 e. The molecule has 0 aromatic heterocycles. The molecule has 3 N–H and O–H groups in total. The van der Waals surface area contributed by atoms with Gasteiger partial charge in [-0.15, -0.1) is 0 Å². The molecular formula is C16H15ClF2N2O. The van der Waals surface area contributed by atoms with Gasteiger partial charge in [0.05, 0.1) is 13.0 Å². The average molecular weight is 325 g/mol. The lowest BCUT2D eigenvalue weighted by Gasteiger charge is -2.17. The van der Waals surface area contributed by atoms with Gasteiger partial charge in [-0.1, -0.05) is 41.9 Å². The van der Waals surface area contributed by atoms with Crippen molar-refractivity contribution in [2.24, 2.45) is 0 Å². The minimum atomic E-state index is -3.13. The molecule has 0 atom stereocenters.